The van der Waals surface area contributed by atoms with Crippen molar-refractivity contribution in [3.05, 3.63) is 78.1 Å². The van der Waals surface area contributed by atoms with Gasteiger partial charge in [-0.05, 0) is 12.1 Å². The molecule has 0 saturated carbocycles. The van der Waals surface area contributed by atoms with E-state index in [4.69, 9.17) is 0 Å². The average molecular weight is 348 g/mol. The summed E-state index contributed by atoms with van der Waals surface area (Å²) in [6.07, 6.45) is 2.41. The zero-order valence-corrected chi connectivity index (χ0v) is 14.2. The van der Waals surface area contributed by atoms with Crippen molar-refractivity contribution in [2.24, 2.45) is 0 Å². The van der Waals surface area contributed by atoms with E-state index >= 15 is 0 Å². The molecule has 132 valence electrons. The molecule has 3 rings (SSSR count). The number of hydrogen-bond acceptors (Lipinski definition) is 3. The molecule has 0 bridgehead atoms. The van der Waals surface area contributed by atoms with Crippen molar-refractivity contribution in [3.8, 4) is 11.4 Å². The van der Waals surface area contributed by atoms with Gasteiger partial charge in [-0.1, -0.05) is 48.5 Å². The molecule has 0 unspecified atom stereocenters. The van der Waals surface area contributed by atoms with Gasteiger partial charge in [0.2, 0.25) is 5.91 Å². The Morgan fingerprint density at radius 2 is 1.62 bits per heavy atom. The van der Waals surface area contributed by atoms with Crippen LogP contribution in [-0.4, -0.2) is 34.9 Å². The first-order valence-electron chi connectivity index (χ1n) is 8.41. The lowest BCUT2D eigenvalue weighted by Crippen LogP contribution is -2.37. The van der Waals surface area contributed by atoms with E-state index in [1.54, 1.807) is 30.5 Å². The molecule has 3 aromatic rings. The number of amides is 2. The van der Waals surface area contributed by atoms with E-state index in [9.17, 15) is 9.59 Å². The van der Waals surface area contributed by atoms with Crippen LogP contribution < -0.4 is 10.6 Å². The molecule has 1 heterocycles. The molecule has 3 N–H and O–H groups in total. The number of nitrogens with zero attached hydrogens (tertiary/aromatic N) is 1. The van der Waals surface area contributed by atoms with Gasteiger partial charge in [-0.15, -0.1) is 0 Å². The predicted molar refractivity (Wildman–Crippen MR) is 99.5 cm³/mol. The van der Waals surface area contributed by atoms with Gasteiger partial charge in [-0.3, -0.25) is 9.59 Å². The molecule has 0 saturated heterocycles. The summed E-state index contributed by atoms with van der Waals surface area (Å²) in [6, 6.07) is 18.7. The summed E-state index contributed by atoms with van der Waals surface area (Å²) in [5.41, 5.74) is 2.50. The minimum atomic E-state index is -0.262. The maximum Gasteiger partial charge on any atom is 0.251 e. The smallest absolute Gasteiger partial charge is 0.251 e. The van der Waals surface area contributed by atoms with Crippen molar-refractivity contribution in [2.45, 2.75) is 6.42 Å². The Hall–Kier alpha value is -3.41. The highest BCUT2D eigenvalue weighted by Gasteiger charge is 2.08. The molecule has 0 spiro atoms. The lowest BCUT2D eigenvalue weighted by molar-refractivity contribution is -0.120. The second-order valence-corrected chi connectivity index (χ2v) is 5.77. The fourth-order valence-corrected chi connectivity index (χ4v) is 2.48. The third-order valence-corrected chi connectivity index (χ3v) is 3.84. The van der Waals surface area contributed by atoms with Crippen molar-refractivity contribution in [2.75, 3.05) is 13.1 Å². The molecule has 26 heavy (non-hydrogen) atoms. The van der Waals surface area contributed by atoms with Crippen LogP contribution in [0.4, 0.5) is 0 Å². The molecule has 0 radical (unpaired) electrons. The Balaban J connectivity index is 1.40. The molecule has 0 aliphatic heterocycles. The minimum absolute atomic E-state index is 0.0496. The normalized spacial score (nSPS) is 10.3. The van der Waals surface area contributed by atoms with Gasteiger partial charge in [0.1, 0.15) is 5.82 Å². The van der Waals surface area contributed by atoms with Crippen LogP contribution in [0.1, 0.15) is 16.1 Å². The summed E-state index contributed by atoms with van der Waals surface area (Å²) >= 11 is 0. The summed E-state index contributed by atoms with van der Waals surface area (Å²) in [5, 5.41) is 5.39. The van der Waals surface area contributed by atoms with E-state index in [1.165, 1.54) is 0 Å². The van der Waals surface area contributed by atoms with E-state index in [2.05, 4.69) is 20.6 Å². The van der Waals surface area contributed by atoms with Gasteiger partial charge < -0.3 is 15.6 Å². The first-order valence-corrected chi connectivity index (χ1v) is 8.41. The van der Waals surface area contributed by atoms with Gasteiger partial charge in [0.25, 0.3) is 5.91 Å². The van der Waals surface area contributed by atoms with Crippen LogP contribution in [0.3, 0.4) is 0 Å². The third kappa shape index (κ3) is 4.80. The molecular weight excluding hydrogens is 328 g/mol. The summed E-state index contributed by atoms with van der Waals surface area (Å²) in [6.45, 7) is 0.419. The highest BCUT2D eigenvalue weighted by molar-refractivity contribution is 5.96. The second-order valence-electron chi connectivity index (χ2n) is 5.77. The second kappa shape index (κ2) is 8.62. The number of rotatable bonds is 7. The summed E-state index contributed by atoms with van der Waals surface area (Å²) < 4.78 is 0. The van der Waals surface area contributed by atoms with Crippen LogP contribution in [0, 0.1) is 0 Å². The van der Waals surface area contributed by atoms with Crippen LogP contribution in [-0.2, 0) is 11.2 Å². The molecule has 0 aliphatic carbocycles. The SMILES string of the molecule is O=C(CNC(=O)c1ccccc1)NCCc1cnc(-c2ccccc2)[nH]1. The Morgan fingerprint density at radius 1 is 0.923 bits per heavy atom. The number of carbonyl (C=O) groups excluding carboxylic acids is 2. The van der Waals surface area contributed by atoms with Crippen LogP contribution in [0.15, 0.2) is 66.9 Å². The topological polar surface area (TPSA) is 86.9 Å². The van der Waals surface area contributed by atoms with Gasteiger partial charge in [-0.25, -0.2) is 4.98 Å². The highest BCUT2D eigenvalue weighted by Crippen LogP contribution is 2.14. The highest BCUT2D eigenvalue weighted by atomic mass is 16.2. The van der Waals surface area contributed by atoms with Crippen molar-refractivity contribution < 1.29 is 9.59 Å². The lowest BCUT2D eigenvalue weighted by atomic mass is 10.2. The first-order chi connectivity index (χ1) is 12.7. The predicted octanol–water partition coefficient (Wildman–Crippen LogP) is 2.17. The maximum absolute atomic E-state index is 11.9. The number of hydrogen-bond donors (Lipinski definition) is 3. The summed E-state index contributed by atoms with van der Waals surface area (Å²) in [4.78, 5) is 31.3. The molecule has 0 fully saturated rings. The van der Waals surface area contributed by atoms with E-state index in [0.29, 0.717) is 18.5 Å². The lowest BCUT2D eigenvalue weighted by Gasteiger charge is -2.06. The Labute approximate surface area is 151 Å². The van der Waals surface area contributed by atoms with Gasteiger partial charge >= 0.3 is 0 Å². The van der Waals surface area contributed by atoms with Crippen LogP contribution in [0.2, 0.25) is 0 Å². The number of benzene rings is 2. The Kier molecular flexibility index (Phi) is 5.77. The number of carbonyl (C=O) groups is 2. The Bertz CT molecular complexity index is 860. The molecule has 2 aromatic carbocycles. The molecule has 0 aliphatic rings. The third-order valence-electron chi connectivity index (χ3n) is 3.84. The zero-order valence-electron chi connectivity index (χ0n) is 14.2. The van der Waals surface area contributed by atoms with Gasteiger partial charge in [0.15, 0.2) is 0 Å². The van der Waals surface area contributed by atoms with Gasteiger partial charge in [0.05, 0.1) is 6.54 Å². The molecule has 1 aromatic heterocycles. The summed E-state index contributed by atoms with van der Waals surface area (Å²) in [5.74, 6) is 0.320. The number of nitrogens with one attached hydrogen (secondary N) is 3. The maximum atomic E-state index is 11.9. The van der Waals surface area contributed by atoms with Gasteiger partial charge in [-0.2, -0.15) is 0 Å². The summed E-state index contributed by atoms with van der Waals surface area (Å²) in [7, 11) is 0. The van der Waals surface area contributed by atoms with E-state index < -0.39 is 0 Å². The molecular formula is C20H20N4O2. The molecule has 0 atom stereocenters. The Morgan fingerprint density at radius 3 is 2.35 bits per heavy atom. The van der Waals surface area contributed by atoms with Crippen molar-refractivity contribution in [1.82, 2.24) is 20.6 Å². The van der Waals surface area contributed by atoms with E-state index in [0.717, 1.165) is 17.1 Å². The largest absolute Gasteiger partial charge is 0.354 e. The molecule has 6 nitrogen and oxygen atoms in total. The number of imidazole rings is 1. The number of aromatic amines is 1. The van der Waals surface area contributed by atoms with Crippen molar-refractivity contribution >= 4 is 11.8 Å². The van der Waals surface area contributed by atoms with Crippen LogP contribution >= 0.6 is 0 Å². The van der Waals surface area contributed by atoms with Crippen LogP contribution in [0.5, 0.6) is 0 Å². The monoisotopic (exact) mass is 348 g/mol. The molecule has 6 heteroatoms. The molecule has 2 amide bonds. The zero-order chi connectivity index (χ0) is 18.2. The number of H-pyrrole nitrogens is 1. The quantitative estimate of drug-likeness (QED) is 0.611. The van der Waals surface area contributed by atoms with Crippen LogP contribution in [0.25, 0.3) is 11.4 Å². The first kappa shape index (κ1) is 17.4. The van der Waals surface area contributed by atoms with Crippen molar-refractivity contribution in [3.63, 3.8) is 0 Å². The fourth-order valence-electron chi connectivity index (χ4n) is 2.48. The average Bonchev–Trinajstić information content (AvgIpc) is 3.16. The van der Waals surface area contributed by atoms with E-state index in [-0.39, 0.29) is 18.4 Å². The minimum Gasteiger partial charge on any atom is -0.354 e. The van der Waals surface area contributed by atoms with Crippen molar-refractivity contribution in [1.29, 1.82) is 0 Å². The number of aromatic nitrogens is 2. The fraction of sp³-hybridized carbons (Fsp3) is 0.150. The van der Waals surface area contributed by atoms with Gasteiger partial charge in [0, 0.05) is 36.0 Å². The van der Waals surface area contributed by atoms with E-state index in [1.807, 2.05) is 36.4 Å². The standard InChI is InChI=1S/C20H20N4O2/c25-18(14-23-20(26)16-9-5-2-6-10-16)21-12-11-17-13-22-19(24-17)15-7-3-1-4-8-15/h1-10,13H,11-12,14H2,(H,21,25)(H,22,24)(H,23,26).